The van der Waals surface area contributed by atoms with E-state index in [0.717, 1.165) is 44.2 Å². The van der Waals surface area contributed by atoms with Crippen LogP contribution in [0.1, 0.15) is 6.92 Å². The number of carbonyl (C=O) groups is 1. The summed E-state index contributed by atoms with van der Waals surface area (Å²) in [5, 5.41) is 3.71. The molecule has 2 rings (SSSR count). The molecule has 0 aliphatic carbocycles. The van der Waals surface area contributed by atoms with Crippen molar-refractivity contribution in [1.82, 2.24) is 15.1 Å². The fourth-order valence-electron chi connectivity index (χ4n) is 2.98. The number of halogens is 1. The van der Waals surface area contributed by atoms with Crippen LogP contribution in [0.3, 0.4) is 0 Å². The Labute approximate surface area is 155 Å². The smallest absolute Gasteiger partial charge is 0.237 e. The molecule has 0 spiro atoms. The summed E-state index contributed by atoms with van der Waals surface area (Å²) in [5.41, 5.74) is 1.01. The van der Waals surface area contributed by atoms with Crippen molar-refractivity contribution in [1.29, 1.82) is 0 Å². The summed E-state index contributed by atoms with van der Waals surface area (Å²) in [4.78, 5) is 18.8. The maximum atomic E-state index is 12.3. The number of amides is 1. The third-order valence-electron chi connectivity index (χ3n) is 4.58. The van der Waals surface area contributed by atoms with Gasteiger partial charge in [0.2, 0.25) is 5.91 Å². The number of nitrogens with zero attached hydrogens (tertiary/aromatic N) is 3. The average Bonchev–Trinajstić information content (AvgIpc) is 2.60. The van der Waals surface area contributed by atoms with Crippen LogP contribution in [0.4, 0.5) is 5.69 Å². The third kappa shape index (κ3) is 5.49. The highest BCUT2D eigenvalue weighted by Gasteiger charge is 2.26. The molecule has 1 atom stereocenters. The van der Waals surface area contributed by atoms with Gasteiger partial charge in [0.25, 0.3) is 0 Å². The number of hydrogen-bond acceptors (Lipinski definition) is 5. The van der Waals surface area contributed by atoms with Crippen LogP contribution < -0.4 is 15.0 Å². The van der Waals surface area contributed by atoms with Crippen molar-refractivity contribution in [2.24, 2.45) is 0 Å². The molecule has 1 aromatic carbocycles. The normalized spacial score (nSPS) is 16.8. The van der Waals surface area contributed by atoms with Crippen molar-refractivity contribution in [2.45, 2.75) is 13.0 Å². The lowest BCUT2D eigenvalue weighted by Crippen LogP contribution is -2.54. The summed E-state index contributed by atoms with van der Waals surface area (Å²) in [6.45, 7) is 6.84. The second-order valence-corrected chi connectivity index (χ2v) is 7.05. The third-order valence-corrected chi connectivity index (χ3v) is 4.82. The van der Waals surface area contributed by atoms with Crippen molar-refractivity contribution in [3.8, 4) is 5.75 Å². The minimum absolute atomic E-state index is 0.0932. The SMILES string of the molecule is COc1ccc(Cl)cc1N1CCN(C(C)C(=O)NCCN(C)C)CC1. The van der Waals surface area contributed by atoms with E-state index in [1.807, 2.05) is 39.2 Å². The first-order chi connectivity index (χ1) is 11.9. The molecular formula is C18H29ClN4O2. The molecule has 0 bridgehead atoms. The van der Waals surface area contributed by atoms with Gasteiger partial charge < -0.3 is 19.9 Å². The van der Waals surface area contributed by atoms with Crippen LogP contribution >= 0.6 is 11.6 Å². The highest BCUT2D eigenvalue weighted by Crippen LogP contribution is 2.31. The fraction of sp³-hybridized carbons (Fsp3) is 0.611. The van der Waals surface area contributed by atoms with Gasteiger partial charge in [-0.1, -0.05) is 11.6 Å². The second kappa shape index (κ2) is 9.27. The van der Waals surface area contributed by atoms with Gasteiger partial charge in [-0.05, 0) is 39.2 Å². The summed E-state index contributed by atoms with van der Waals surface area (Å²) in [7, 11) is 5.67. The standard InChI is InChI=1S/C18H29ClN4O2/c1-14(18(24)20-7-8-21(2)3)22-9-11-23(12-10-22)16-13-15(19)5-6-17(16)25-4/h5-6,13-14H,7-12H2,1-4H3,(H,20,24). The molecule has 1 heterocycles. The summed E-state index contributed by atoms with van der Waals surface area (Å²) in [6, 6.07) is 5.55. The van der Waals surface area contributed by atoms with Crippen LogP contribution in [0, 0.1) is 0 Å². The molecule has 1 aromatic rings. The Hall–Kier alpha value is -1.50. The molecule has 1 aliphatic rings. The molecule has 6 nitrogen and oxygen atoms in total. The first kappa shape index (κ1) is 19.8. The first-order valence-electron chi connectivity index (χ1n) is 8.67. The number of benzene rings is 1. The van der Waals surface area contributed by atoms with Gasteiger partial charge in [-0.15, -0.1) is 0 Å². The van der Waals surface area contributed by atoms with Crippen molar-refractivity contribution in [3.05, 3.63) is 23.2 Å². The number of nitrogens with one attached hydrogen (secondary N) is 1. The van der Waals surface area contributed by atoms with E-state index in [9.17, 15) is 4.79 Å². The lowest BCUT2D eigenvalue weighted by Gasteiger charge is -2.39. The van der Waals surface area contributed by atoms with E-state index in [0.29, 0.717) is 11.6 Å². The Morgan fingerprint density at radius 2 is 2.00 bits per heavy atom. The number of likely N-dealkylation sites (N-methyl/N-ethyl adjacent to an activating group) is 1. The number of methoxy groups -OCH3 is 1. The van der Waals surface area contributed by atoms with E-state index < -0.39 is 0 Å². The van der Waals surface area contributed by atoms with Gasteiger partial charge in [-0.2, -0.15) is 0 Å². The van der Waals surface area contributed by atoms with Crippen LogP contribution in [-0.4, -0.2) is 82.2 Å². The zero-order chi connectivity index (χ0) is 18.4. The van der Waals surface area contributed by atoms with E-state index >= 15 is 0 Å². The van der Waals surface area contributed by atoms with Crippen LogP contribution in [0.2, 0.25) is 5.02 Å². The van der Waals surface area contributed by atoms with E-state index in [4.69, 9.17) is 16.3 Å². The average molecular weight is 369 g/mol. The quantitative estimate of drug-likeness (QED) is 0.791. The molecule has 7 heteroatoms. The molecule has 1 amide bonds. The Bertz CT molecular complexity index is 574. The van der Waals surface area contributed by atoms with E-state index in [-0.39, 0.29) is 11.9 Å². The van der Waals surface area contributed by atoms with Gasteiger partial charge in [-0.3, -0.25) is 9.69 Å². The Kier molecular flexibility index (Phi) is 7.35. The lowest BCUT2D eigenvalue weighted by atomic mass is 10.2. The van der Waals surface area contributed by atoms with E-state index in [1.54, 1.807) is 7.11 Å². The molecule has 25 heavy (non-hydrogen) atoms. The number of ether oxygens (including phenoxy) is 1. The summed E-state index contributed by atoms with van der Waals surface area (Å²) in [6.07, 6.45) is 0. The molecule has 1 fully saturated rings. The highest BCUT2D eigenvalue weighted by molar-refractivity contribution is 6.30. The molecule has 1 unspecified atom stereocenters. The van der Waals surface area contributed by atoms with Gasteiger partial charge in [0.15, 0.2) is 0 Å². The Balaban J connectivity index is 1.89. The molecule has 1 N–H and O–H groups in total. The van der Waals surface area contributed by atoms with Crippen LogP contribution in [-0.2, 0) is 4.79 Å². The Morgan fingerprint density at radius 1 is 1.32 bits per heavy atom. The van der Waals surface area contributed by atoms with Crippen LogP contribution in [0.5, 0.6) is 5.75 Å². The second-order valence-electron chi connectivity index (χ2n) is 6.61. The molecule has 0 radical (unpaired) electrons. The van der Waals surface area contributed by atoms with Gasteiger partial charge in [0, 0.05) is 44.3 Å². The van der Waals surface area contributed by atoms with Gasteiger partial charge in [-0.25, -0.2) is 0 Å². The number of carbonyl (C=O) groups excluding carboxylic acids is 1. The van der Waals surface area contributed by atoms with Crippen molar-refractivity contribution in [2.75, 3.05) is 65.4 Å². The summed E-state index contributed by atoms with van der Waals surface area (Å²) in [5.74, 6) is 0.919. The zero-order valence-corrected chi connectivity index (χ0v) is 16.3. The van der Waals surface area contributed by atoms with Crippen molar-refractivity contribution < 1.29 is 9.53 Å². The molecule has 0 saturated carbocycles. The first-order valence-corrected chi connectivity index (χ1v) is 9.05. The topological polar surface area (TPSA) is 48.1 Å². The molecule has 140 valence electrons. The van der Waals surface area contributed by atoms with Gasteiger partial charge >= 0.3 is 0 Å². The summed E-state index contributed by atoms with van der Waals surface area (Å²) < 4.78 is 5.45. The fourth-order valence-corrected chi connectivity index (χ4v) is 3.14. The number of rotatable bonds is 7. The molecule has 1 aliphatic heterocycles. The van der Waals surface area contributed by atoms with Crippen LogP contribution in [0.15, 0.2) is 18.2 Å². The van der Waals surface area contributed by atoms with Crippen LogP contribution in [0.25, 0.3) is 0 Å². The molecular weight excluding hydrogens is 340 g/mol. The maximum Gasteiger partial charge on any atom is 0.237 e. The zero-order valence-electron chi connectivity index (χ0n) is 15.6. The van der Waals surface area contributed by atoms with Gasteiger partial charge in [0.1, 0.15) is 5.75 Å². The number of anilines is 1. The monoisotopic (exact) mass is 368 g/mol. The molecule has 1 saturated heterocycles. The number of hydrogen-bond donors (Lipinski definition) is 1. The Morgan fingerprint density at radius 3 is 2.60 bits per heavy atom. The predicted octanol–water partition coefficient (Wildman–Crippen LogP) is 1.54. The van der Waals surface area contributed by atoms with E-state index in [2.05, 4.69) is 20.0 Å². The van der Waals surface area contributed by atoms with Crippen molar-refractivity contribution >= 4 is 23.2 Å². The number of piperazine rings is 1. The van der Waals surface area contributed by atoms with Gasteiger partial charge in [0.05, 0.1) is 18.8 Å². The minimum atomic E-state index is -0.120. The minimum Gasteiger partial charge on any atom is -0.495 e. The lowest BCUT2D eigenvalue weighted by molar-refractivity contribution is -0.126. The highest BCUT2D eigenvalue weighted by atomic mass is 35.5. The molecule has 0 aromatic heterocycles. The summed E-state index contributed by atoms with van der Waals surface area (Å²) >= 11 is 6.14. The van der Waals surface area contributed by atoms with E-state index in [1.165, 1.54) is 0 Å². The van der Waals surface area contributed by atoms with Crippen molar-refractivity contribution in [3.63, 3.8) is 0 Å². The maximum absolute atomic E-state index is 12.3. The predicted molar refractivity (Wildman–Crippen MR) is 103 cm³/mol. The largest absolute Gasteiger partial charge is 0.495 e.